The Bertz CT molecular complexity index is 298. The molecule has 0 aromatic heterocycles. The van der Waals surface area contributed by atoms with Gasteiger partial charge in [0.25, 0.3) is 0 Å². The first-order valence-electron chi connectivity index (χ1n) is 4.41. The summed E-state index contributed by atoms with van der Waals surface area (Å²) in [4.78, 5) is 0. The van der Waals surface area contributed by atoms with Crippen LogP contribution in [-0.4, -0.2) is 0 Å². The van der Waals surface area contributed by atoms with Gasteiger partial charge in [0.15, 0.2) is 0 Å². The van der Waals surface area contributed by atoms with Crippen LogP contribution in [0.15, 0.2) is 36.0 Å². The zero-order chi connectivity index (χ0) is 8.39. The fraction of sp³-hybridized carbons (Fsp3) is 0.273. The fourth-order valence-electron chi connectivity index (χ4n) is 1.74. The minimum absolute atomic E-state index is 1.07. The maximum atomic E-state index is 5.89. The Morgan fingerprint density at radius 2 is 1.75 bits per heavy atom. The molecular formula is C11H13N. The molecule has 1 aromatic carbocycles. The van der Waals surface area contributed by atoms with Gasteiger partial charge in [0, 0.05) is 5.70 Å². The summed E-state index contributed by atoms with van der Waals surface area (Å²) >= 11 is 0. The van der Waals surface area contributed by atoms with E-state index in [1.807, 2.05) is 6.07 Å². The van der Waals surface area contributed by atoms with Crippen LogP contribution in [0.2, 0.25) is 0 Å². The molecule has 0 heterocycles. The normalized spacial score (nSPS) is 17.0. The number of nitrogens with two attached hydrogens (primary N) is 1. The van der Waals surface area contributed by atoms with E-state index in [9.17, 15) is 0 Å². The maximum Gasteiger partial charge on any atom is 0.0119 e. The third kappa shape index (κ3) is 1.22. The predicted molar refractivity (Wildman–Crippen MR) is 51.4 cm³/mol. The Hall–Kier alpha value is -1.24. The van der Waals surface area contributed by atoms with Crippen molar-refractivity contribution in [3.63, 3.8) is 0 Å². The van der Waals surface area contributed by atoms with Gasteiger partial charge >= 0.3 is 0 Å². The first kappa shape index (κ1) is 7.41. The molecule has 2 N–H and O–H groups in total. The summed E-state index contributed by atoms with van der Waals surface area (Å²) in [5, 5.41) is 0. The van der Waals surface area contributed by atoms with Crippen LogP contribution in [-0.2, 0) is 0 Å². The Morgan fingerprint density at radius 3 is 2.33 bits per heavy atom. The first-order chi connectivity index (χ1) is 5.88. The molecule has 0 atom stereocenters. The molecule has 0 amide bonds. The lowest BCUT2D eigenvalue weighted by Crippen LogP contribution is -1.95. The summed E-state index contributed by atoms with van der Waals surface area (Å²) in [5.74, 6) is 0. The van der Waals surface area contributed by atoms with E-state index in [1.54, 1.807) is 0 Å². The lowest BCUT2D eigenvalue weighted by atomic mass is 10.1. The number of hydrogen-bond acceptors (Lipinski definition) is 1. The van der Waals surface area contributed by atoms with Gasteiger partial charge in [-0.05, 0) is 30.4 Å². The second kappa shape index (κ2) is 3.02. The SMILES string of the molecule is NC1=C(c2ccccc2)CCC1. The minimum atomic E-state index is 1.07. The average molecular weight is 159 g/mol. The highest BCUT2D eigenvalue weighted by Crippen LogP contribution is 2.30. The van der Waals surface area contributed by atoms with Crippen LogP contribution in [0, 0.1) is 0 Å². The van der Waals surface area contributed by atoms with Crippen molar-refractivity contribution in [2.24, 2.45) is 5.73 Å². The van der Waals surface area contributed by atoms with Crippen LogP contribution in [0.3, 0.4) is 0 Å². The molecule has 1 heteroatoms. The quantitative estimate of drug-likeness (QED) is 0.669. The van der Waals surface area contributed by atoms with E-state index < -0.39 is 0 Å². The molecule has 0 fully saturated rings. The van der Waals surface area contributed by atoms with E-state index in [-0.39, 0.29) is 0 Å². The molecule has 1 aliphatic rings. The van der Waals surface area contributed by atoms with Gasteiger partial charge in [-0.3, -0.25) is 0 Å². The van der Waals surface area contributed by atoms with Gasteiger partial charge in [-0.25, -0.2) is 0 Å². The van der Waals surface area contributed by atoms with Gasteiger partial charge in [-0.2, -0.15) is 0 Å². The van der Waals surface area contributed by atoms with Gasteiger partial charge in [0.05, 0.1) is 0 Å². The van der Waals surface area contributed by atoms with Crippen LogP contribution in [0.4, 0.5) is 0 Å². The van der Waals surface area contributed by atoms with E-state index in [1.165, 1.54) is 17.6 Å². The number of hydrogen-bond donors (Lipinski definition) is 1. The van der Waals surface area contributed by atoms with Crippen LogP contribution < -0.4 is 5.73 Å². The largest absolute Gasteiger partial charge is 0.402 e. The summed E-state index contributed by atoms with van der Waals surface area (Å²) in [5.41, 5.74) is 9.63. The molecular weight excluding hydrogens is 146 g/mol. The van der Waals surface area contributed by atoms with Gasteiger partial charge in [0.1, 0.15) is 0 Å². The van der Waals surface area contributed by atoms with Crippen molar-refractivity contribution < 1.29 is 0 Å². The monoisotopic (exact) mass is 159 g/mol. The molecule has 1 aromatic rings. The van der Waals surface area contributed by atoms with Gasteiger partial charge < -0.3 is 5.73 Å². The smallest absolute Gasteiger partial charge is 0.0119 e. The van der Waals surface area contributed by atoms with E-state index in [2.05, 4.69) is 24.3 Å². The second-order valence-corrected chi connectivity index (χ2v) is 3.22. The molecule has 0 radical (unpaired) electrons. The second-order valence-electron chi connectivity index (χ2n) is 3.22. The van der Waals surface area contributed by atoms with Crippen molar-refractivity contribution in [1.82, 2.24) is 0 Å². The maximum absolute atomic E-state index is 5.89. The van der Waals surface area contributed by atoms with Crippen molar-refractivity contribution >= 4 is 5.57 Å². The van der Waals surface area contributed by atoms with E-state index in [4.69, 9.17) is 5.73 Å². The molecule has 1 nitrogen and oxygen atoms in total. The highest BCUT2D eigenvalue weighted by atomic mass is 14.6. The van der Waals surface area contributed by atoms with E-state index in [0.29, 0.717) is 0 Å². The Morgan fingerprint density at radius 1 is 1.00 bits per heavy atom. The fourth-order valence-corrected chi connectivity index (χ4v) is 1.74. The third-order valence-electron chi connectivity index (χ3n) is 2.38. The summed E-state index contributed by atoms with van der Waals surface area (Å²) in [6.07, 6.45) is 3.44. The summed E-state index contributed by atoms with van der Waals surface area (Å²) in [7, 11) is 0. The topological polar surface area (TPSA) is 26.0 Å². The molecule has 1 aliphatic carbocycles. The molecule has 62 valence electrons. The standard InChI is InChI=1S/C11H13N/c12-11-8-4-7-10(11)9-5-2-1-3-6-9/h1-3,5-6H,4,7-8,12H2. The minimum Gasteiger partial charge on any atom is -0.402 e. The molecule has 12 heavy (non-hydrogen) atoms. The molecule has 0 aliphatic heterocycles. The highest BCUT2D eigenvalue weighted by Gasteiger charge is 2.12. The van der Waals surface area contributed by atoms with Crippen molar-refractivity contribution in [2.45, 2.75) is 19.3 Å². The number of benzene rings is 1. The molecule has 2 rings (SSSR count). The summed E-state index contributed by atoms with van der Waals surface area (Å²) < 4.78 is 0. The molecule has 0 saturated heterocycles. The lowest BCUT2D eigenvalue weighted by Gasteiger charge is -2.02. The Balaban J connectivity index is 2.37. The number of rotatable bonds is 1. The van der Waals surface area contributed by atoms with Crippen LogP contribution in [0.25, 0.3) is 5.57 Å². The lowest BCUT2D eigenvalue weighted by molar-refractivity contribution is 0.903. The average Bonchev–Trinajstić information content (AvgIpc) is 2.53. The third-order valence-corrected chi connectivity index (χ3v) is 2.38. The summed E-state index contributed by atoms with van der Waals surface area (Å²) in [6.45, 7) is 0. The van der Waals surface area contributed by atoms with Crippen LogP contribution in [0.1, 0.15) is 24.8 Å². The van der Waals surface area contributed by atoms with Gasteiger partial charge in [0.2, 0.25) is 0 Å². The molecule has 0 saturated carbocycles. The highest BCUT2D eigenvalue weighted by molar-refractivity contribution is 5.69. The van der Waals surface area contributed by atoms with E-state index in [0.717, 1.165) is 18.5 Å². The van der Waals surface area contributed by atoms with Gasteiger partial charge in [-0.15, -0.1) is 0 Å². The van der Waals surface area contributed by atoms with Gasteiger partial charge in [-0.1, -0.05) is 30.3 Å². The number of allylic oxidation sites excluding steroid dienone is 2. The summed E-state index contributed by atoms with van der Waals surface area (Å²) in [6, 6.07) is 10.4. The van der Waals surface area contributed by atoms with Crippen molar-refractivity contribution in [3.8, 4) is 0 Å². The molecule has 0 unspecified atom stereocenters. The van der Waals surface area contributed by atoms with Crippen molar-refractivity contribution in [2.75, 3.05) is 0 Å². The van der Waals surface area contributed by atoms with Crippen molar-refractivity contribution in [1.29, 1.82) is 0 Å². The predicted octanol–water partition coefficient (Wildman–Crippen LogP) is 2.54. The zero-order valence-corrected chi connectivity index (χ0v) is 7.09. The first-order valence-corrected chi connectivity index (χ1v) is 4.41. The zero-order valence-electron chi connectivity index (χ0n) is 7.09. The van der Waals surface area contributed by atoms with Crippen LogP contribution >= 0.6 is 0 Å². The van der Waals surface area contributed by atoms with E-state index >= 15 is 0 Å². The molecule has 0 spiro atoms. The molecule has 0 bridgehead atoms. The Labute approximate surface area is 72.9 Å². The van der Waals surface area contributed by atoms with Crippen molar-refractivity contribution in [3.05, 3.63) is 41.6 Å². The Kier molecular flexibility index (Phi) is 1.86. The van der Waals surface area contributed by atoms with Crippen LogP contribution in [0.5, 0.6) is 0 Å².